The van der Waals surface area contributed by atoms with Crippen LogP contribution in [-0.4, -0.2) is 11.9 Å². The number of hydrogen-bond acceptors (Lipinski definition) is 2. The van der Waals surface area contributed by atoms with Crippen LogP contribution in [0.1, 0.15) is 13.8 Å². The Morgan fingerprint density at radius 3 is 1.78 bits per heavy atom. The van der Waals surface area contributed by atoms with Crippen LogP contribution in [0.3, 0.4) is 0 Å². The molecule has 0 aromatic rings. The molecule has 0 aromatic carbocycles. The van der Waals surface area contributed by atoms with Crippen LogP contribution in [0.15, 0.2) is 0 Å². The SMILES string of the molecule is Br.CC(C)[C@H](N)C(N)=O. The third-order valence-electron chi connectivity index (χ3n) is 1.05. The Bertz CT molecular complexity index is 95.0. The number of rotatable bonds is 2. The molecule has 0 aliphatic carbocycles. The molecule has 0 saturated carbocycles. The standard InChI is InChI=1S/C5H12N2O.BrH/c1-3(2)4(6)5(7)8;/h3-4H,6H2,1-2H3,(H2,7,8);1H/t4-;/m0./s1. The van der Waals surface area contributed by atoms with Gasteiger partial charge in [-0.05, 0) is 5.92 Å². The first kappa shape index (κ1) is 11.7. The van der Waals surface area contributed by atoms with E-state index in [4.69, 9.17) is 11.5 Å². The van der Waals surface area contributed by atoms with Crippen molar-refractivity contribution in [3.63, 3.8) is 0 Å². The highest BCUT2D eigenvalue weighted by Crippen LogP contribution is 1.95. The minimum atomic E-state index is -0.491. The van der Waals surface area contributed by atoms with E-state index in [9.17, 15) is 4.79 Å². The van der Waals surface area contributed by atoms with Crippen LogP contribution in [0.25, 0.3) is 0 Å². The van der Waals surface area contributed by atoms with Gasteiger partial charge >= 0.3 is 0 Å². The van der Waals surface area contributed by atoms with Gasteiger partial charge in [0.25, 0.3) is 0 Å². The zero-order chi connectivity index (χ0) is 6.73. The summed E-state index contributed by atoms with van der Waals surface area (Å²) in [5.41, 5.74) is 10.2. The largest absolute Gasteiger partial charge is 0.368 e. The first-order chi connectivity index (χ1) is 3.55. The summed E-state index contributed by atoms with van der Waals surface area (Å²) in [6.07, 6.45) is 0. The average molecular weight is 197 g/mol. The smallest absolute Gasteiger partial charge is 0.234 e. The lowest BCUT2D eigenvalue weighted by Gasteiger charge is -2.09. The predicted octanol–water partition coefficient (Wildman–Crippen LogP) is 0.0329. The number of halogens is 1. The van der Waals surface area contributed by atoms with Gasteiger partial charge in [-0.25, -0.2) is 0 Å². The van der Waals surface area contributed by atoms with Crippen molar-refractivity contribution in [3.05, 3.63) is 0 Å². The van der Waals surface area contributed by atoms with Crippen LogP contribution in [0.4, 0.5) is 0 Å². The molecule has 4 N–H and O–H groups in total. The number of nitrogens with two attached hydrogens (primary N) is 2. The Balaban J connectivity index is 0. The van der Waals surface area contributed by atoms with Crippen molar-refractivity contribution >= 4 is 22.9 Å². The first-order valence-electron chi connectivity index (χ1n) is 2.60. The van der Waals surface area contributed by atoms with E-state index in [1.165, 1.54) is 0 Å². The second-order valence-corrected chi connectivity index (χ2v) is 2.17. The maximum Gasteiger partial charge on any atom is 0.234 e. The van der Waals surface area contributed by atoms with Crippen LogP contribution >= 0.6 is 17.0 Å². The molecule has 0 spiro atoms. The molecule has 56 valence electrons. The van der Waals surface area contributed by atoms with Crippen LogP contribution in [0.2, 0.25) is 0 Å². The van der Waals surface area contributed by atoms with E-state index in [1.807, 2.05) is 13.8 Å². The van der Waals surface area contributed by atoms with Gasteiger partial charge in [0.1, 0.15) is 0 Å². The van der Waals surface area contributed by atoms with Crippen molar-refractivity contribution in [3.8, 4) is 0 Å². The molecule has 0 fully saturated rings. The average Bonchev–Trinajstić information content (AvgIpc) is 1.64. The van der Waals surface area contributed by atoms with Crippen LogP contribution in [-0.2, 0) is 4.79 Å². The summed E-state index contributed by atoms with van der Waals surface area (Å²) in [7, 11) is 0. The maximum absolute atomic E-state index is 10.2. The van der Waals surface area contributed by atoms with Gasteiger partial charge < -0.3 is 11.5 Å². The number of carbonyl (C=O) groups excluding carboxylic acids is 1. The zero-order valence-electron chi connectivity index (χ0n) is 5.63. The van der Waals surface area contributed by atoms with Gasteiger partial charge in [0.2, 0.25) is 5.91 Å². The van der Waals surface area contributed by atoms with E-state index in [1.54, 1.807) is 0 Å². The van der Waals surface area contributed by atoms with E-state index < -0.39 is 11.9 Å². The summed E-state index contributed by atoms with van der Waals surface area (Å²) >= 11 is 0. The van der Waals surface area contributed by atoms with Gasteiger partial charge in [0, 0.05) is 0 Å². The molecule has 3 nitrogen and oxygen atoms in total. The molecule has 1 atom stereocenters. The zero-order valence-corrected chi connectivity index (χ0v) is 7.34. The van der Waals surface area contributed by atoms with Gasteiger partial charge in [0.05, 0.1) is 6.04 Å². The topological polar surface area (TPSA) is 69.1 Å². The van der Waals surface area contributed by atoms with Gasteiger partial charge in [-0.15, -0.1) is 17.0 Å². The molecule has 0 rings (SSSR count). The summed E-state index contributed by atoms with van der Waals surface area (Å²) in [6, 6.07) is -0.491. The van der Waals surface area contributed by atoms with E-state index in [-0.39, 0.29) is 22.9 Å². The molecule has 0 bridgehead atoms. The highest BCUT2D eigenvalue weighted by molar-refractivity contribution is 8.93. The lowest BCUT2D eigenvalue weighted by Crippen LogP contribution is -2.40. The Hall–Kier alpha value is -0.0900. The summed E-state index contributed by atoms with van der Waals surface area (Å²) < 4.78 is 0. The molecule has 0 radical (unpaired) electrons. The molecule has 1 amide bonds. The molecule has 0 unspecified atom stereocenters. The fourth-order valence-electron chi connectivity index (χ4n) is 0.329. The molecular formula is C5H13BrN2O. The van der Waals surface area contributed by atoms with Gasteiger partial charge in [-0.1, -0.05) is 13.8 Å². The van der Waals surface area contributed by atoms with E-state index >= 15 is 0 Å². The fraction of sp³-hybridized carbons (Fsp3) is 0.800. The Kier molecular flexibility index (Phi) is 6.17. The highest BCUT2D eigenvalue weighted by Gasteiger charge is 2.12. The molecule has 4 heteroatoms. The summed E-state index contributed by atoms with van der Waals surface area (Å²) in [5, 5.41) is 0. The van der Waals surface area contributed by atoms with E-state index in [0.29, 0.717) is 0 Å². The van der Waals surface area contributed by atoms with Gasteiger partial charge in [0.15, 0.2) is 0 Å². The third-order valence-corrected chi connectivity index (χ3v) is 1.05. The summed E-state index contributed by atoms with van der Waals surface area (Å²) in [4.78, 5) is 10.2. The van der Waals surface area contributed by atoms with Crippen LogP contribution in [0.5, 0.6) is 0 Å². The number of amides is 1. The molecular weight excluding hydrogens is 184 g/mol. The quantitative estimate of drug-likeness (QED) is 0.655. The first-order valence-corrected chi connectivity index (χ1v) is 2.60. The second kappa shape index (κ2) is 4.76. The van der Waals surface area contributed by atoms with Crippen molar-refractivity contribution < 1.29 is 4.79 Å². The minimum absolute atomic E-state index is 0. The van der Waals surface area contributed by atoms with Gasteiger partial charge in [-0.3, -0.25) is 4.79 Å². The molecule has 0 aliphatic rings. The summed E-state index contributed by atoms with van der Waals surface area (Å²) in [6.45, 7) is 3.71. The number of primary amides is 1. The molecule has 0 heterocycles. The van der Waals surface area contributed by atoms with E-state index in [0.717, 1.165) is 0 Å². The monoisotopic (exact) mass is 196 g/mol. The fourth-order valence-corrected chi connectivity index (χ4v) is 0.329. The van der Waals surface area contributed by atoms with Crippen LogP contribution in [0, 0.1) is 5.92 Å². The van der Waals surface area contributed by atoms with Crippen molar-refractivity contribution in [1.29, 1.82) is 0 Å². The predicted molar refractivity (Wildman–Crippen MR) is 42.3 cm³/mol. The maximum atomic E-state index is 10.2. The van der Waals surface area contributed by atoms with Crippen molar-refractivity contribution in [1.82, 2.24) is 0 Å². The minimum Gasteiger partial charge on any atom is -0.368 e. The second-order valence-electron chi connectivity index (χ2n) is 2.17. The normalized spacial score (nSPS) is 12.4. The Morgan fingerprint density at radius 1 is 1.44 bits per heavy atom. The Morgan fingerprint density at radius 2 is 1.78 bits per heavy atom. The van der Waals surface area contributed by atoms with Crippen molar-refractivity contribution in [2.45, 2.75) is 19.9 Å². The molecule has 0 aromatic heterocycles. The van der Waals surface area contributed by atoms with Crippen molar-refractivity contribution in [2.24, 2.45) is 17.4 Å². The molecule has 0 saturated heterocycles. The van der Waals surface area contributed by atoms with E-state index in [2.05, 4.69) is 0 Å². The van der Waals surface area contributed by atoms with Crippen molar-refractivity contribution in [2.75, 3.05) is 0 Å². The Labute approximate surface area is 65.6 Å². The lowest BCUT2D eigenvalue weighted by molar-refractivity contribution is -0.120. The van der Waals surface area contributed by atoms with Gasteiger partial charge in [-0.2, -0.15) is 0 Å². The lowest BCUT2D eigenvalue weighted by atomic mass is 10.1. The number of hydrogen-bond donors (Lipinski definition) is 2. The highest BCUT2D eigenvalue weighted by atomic mass is 79.9. The molecule has 9 heavy (non-hydrogen) atoms. The van der Waals surface area contributed by atoms with Crippen LogP contribution < -0.4 is 11.5 Å². The third kappa shape index (κ3) is 4.42. The molecule has 0 aliphatic heterocycles. The summed E-state index contributed by atoms with van der Waals surface area (Å²) in [5.74, 6) is -0.285. The number of carbonyl (C=O) groups is 1.